The first-order valence-electron chi connectivity index (χ1n) is 8.85. The Labute approximate surface area is 139 Å². The zero-order valence-electron chi connectivity index (χ0n) is 14.7. The molecule has 1 aromatic rings. The van der Waals surface area contributed by atoms with Crippen molar-refractivity contribution < 1.29 is 9.90 Å². The Bertz CT molecular complexity index is 490. The van der Waals surface area contributed by atoms with Crippen LogP contribution in [0.3, 0.4) is 0 Å². The standard InChI is InChI=1S/C18H31N3O2/c1-14-6-8-17(9-7-14)21-12-16(19-13-21)11-15(18(22)23)5-4-10-20(2)3/h12-15,17H,4-11H2,1-3H3,(H,22,23)/t14?,15-,17?/m0/s1. The highest BCUT2D eigenvalue weighted by Crippen LogP contribution is 2.31. The molecule has 1 saturated carbocycles. The van der Waals surface area contributed by atoms with Gasteiger partial charge in [-0.25, -0.2) is 4.98 Å². The summed E-state index contributed by atoms with van der Waals surface area (Å²) in [5.74, 6) is -0.197. The first kappa shape index (κ1) is 18.0. The Kier molecular flexibility index (Phi) is 6.63. The van der Waals surface area contributed by atoms with Gasteiger partial charge in [0.25, 0.3) is 0 Å². The maximum Gasteiger partial charge on any atom is 0.306 e. The Balaban J connectivity index is 1.89. The monoisotopic (exact) mass is 321 g/mol. The van der Waals surface area contributed by atoms with E-state index in [0.29, 0.717) is 18.9 Å². The number of carbonyl (C=O) groups is 1. The van der Waals surface area contributed by atoms with E-state index in [4.69, 9.17) is 0 Å². The topological polar surface area (TPSA) is 58.4 Å². The lowest BCUT2D eigenvalue weighted by Gasteiger charge is -2.26. The summed E-state index contributed by atoms with van der Waals surface area (Å²) < 4.78 is 2.21. The normalized spacial score (nSPS) is 23.1. The lowest BCUT2D eigenvalue weighted by Crippen LogP contribution is -2.20. The van der Waals surface area contributed by atoms with Crippen molar-refractivity contribution in [2.24, 2.45) is 11.8 Å². The maximum absolute atomic E-state index is 11.5. The molecular formula is C18H31N3O2. The molecule has 0 radical (unpaired) electrons. The summed E-state index contributed by atoms with van der Waals surface area (Å²) >= 11 is 0. The maximum atomic E-state index is 11.5. The van der Waals surface area contributed by atoms with Gasteiger partial charge in [-0.05, 0) is 65.1 Å². The highest BCUT2D eigenvalue weighted by atomic mass is 16.4. The van der Waals surface area contributed by atoms with Crippen LogP contribution in [0.25, 0.3) is 0 Å². The van der Waals surface area contributed by atoms with Crippen LogP contribution < -0.4 is 0 Å². The van der Waals surface area contributed by atoms with Crippen molar-refractivity contribution in [3.8, 4) is 0 Å². The van der Waals surface area contributed by atoms with Crippen LogP contribution in [0.1, 0.15) is 57.2 Å². The van der Waals surface area contributed by atoms with Gasteiger partial charge in [-0.2, -0.15) is 0 Å². The van der Waals surface area contributed by atoms with Gasteiger partial charge in [0.05, 0.1) is 17.9 Å². The summed E-state index contributed by atoms with van der Waals surface area (Å²) in [7, 11) is 4.03. The van der Waals surface area contributed by atoms with Gasteiger partial charge < -0.3 is 14.6 Å². The molecule has 0 unspecified atom stereocenters. The average molecular weight is 321 g/mol. The molecule has 1 aromatic heterocycles. The molecule has 1 atom stereocenters. The summed E-state index contributed by atoms with van der Waals surface area (Å²) in [4.78, 5) is 18.0. The van der Waals surface area contributed by atoms with Crippen molar-refractivity contribution >= 4 is 5.97 Å². The third-order valence-electron chi connectivity index (χ3n) is 5.02. The van der Waals surface area contributed by atoms with Crippen LogP contribution in [0.2, 0.25) is 0 Å². The number of nitrogens with zero attached hydrogens (tertiary/aromatic N) is 3. The highest BCUT2D eigenvalue weighted by molar-refractivity contribution is 5.70. The van der Waals surface area contributed by atoms with Crippen LogP contribution in [0.5, 0.6) is 0 Å². The molecule has 5 heteroatoms. The number of aliphatic carboxylic acids is 1. The molecule has 1 aliphatic rings. The van der Waals surface area contributed by atoms with Gasteiger partial charge in [0.1, 0.15) is 0 Å². The molecule has 1 heterocycles. The van der Waals surface area contributed by atoms with Gasteiger partial charge in [0.15, 0.2) is 0 Å². The van der Waals surface area contributed by atoms with Crippen LogP contribution in [0.4, 0.5) is 0 Å². The van der Waals surface area contributed by atoms with Crippen LogP contribution in [0.15, 0.2) is 12.5 Å². The molecule has 0 spiro atoms. The van der Waals surface area contributed by atoms with Gasteiger partial charge >= 0.3 is 5.97 Å². The van der Waals surface area contributed by atoms with E-state index in [1.807, 2.05) is 20.4 Å². The third kappa shape index (κ3) is 5.65. The Morgan fingerprint density at radius 3 is 2.70 bits per heavy atom. The highest BCUT2D eigenvalue weighted by Gasteiger charge is 2.22. The Morgan fingerprint density at radius 2 is 2.09 bits per heavy atom. The summed E-state index contributed by atoms with van der Waals surface area (Å²) in [5.41, 5.74) is 0.917. The van der Waals surface area contributed by atoms with Crippen LogP contribution in [0, 0.1) is 11.8 Å². The fourth-order valence-corrected chi connectivity index (χ4v) is 3.44. The van der Waals surface area contributed by atoms with E-state index in [-0.39, 0.29) is 5.92 Å². The number of carboxylic acids is 1. The molecule has 0 aromatic carbocycles. The lowest BCUT2D eigenvalue weighted by atomic mass is 9.87. The number of hydrogen-bond acceptors (Lipinski definition) is 3. The van der Waals surface area contributed by atoms with E-state index in [2.05, 4.69) is 27.6 Å². The molecule has 130 valence electrons. The van der Waals surface area contributed by atoms with E-state index >= 15 is 0 Å². The summed E-state index contributed by atoms with van der Waals surface area (Å²) in [5, 5.41) is 9.44. The second-order valence-corrected chi connectivity index (χ2v) is 7.41. The molecule has 0 amide bonds. The molecule has 1 aliphatic carbocycles. The second-order valence-electron chi connectivity index (χ2n) is 7.41. The van der Waals surface area contributed by atoms with Crippen molar-refractivity contribution in [2.75, 3.05) is 20.6 Å². The molecule has 0 aliphatic heterocycles. The Morgan fingerprint density at radius 1 is 1.39 bits per heavy atom. The van der Waals surface area contributed by atoms with Crippen LogP contribution >= 0.6 is 0 Å². The molecule has 2 rings (SSSR count). The number of aromatic nitrogens is 2. The number of imidazole rings is 1. The zero-order valence-corrected chi connectivity index (χ0v) is 14.7. The zero-order chi connectivity index (χ0) is 16.8. The van der Waals surface area contributed by atoms with Gasteiger partial charge in [-0.15, -0.1) is 0 Å². The number of rotatable bonds is 8. The molecule has 1 N–H and O–H groups in total. The molecule has 23 heavy (non-hydrogen) atoms. The Hall–Kier alpha value is -1.36. The minimum Gasteiger partial charge on any atom is -0.481 e. The summed E-state index contributed by atoms with van der Waals surface area (Å²) in [6.07, 6.45) is 11.1. The summed E-state index contributed by atoms with van der Waals surface area (Å²) in [6, 6.07) is 0.546. The minimum absolute atomic E-state index is 0.329. The molecule has 5 nitrogen and oxygen atoms in total. The third-order valence-corrected chi connectivity index (χ3v) is 5.02. The number of carboxylic acid groups (broad SMARTS) is 1. The summed E-state index contributed by atoms with van der Waals surface area (Å²) in [6.45, 7) is 3.25. The first-order chi connectivity index (χ1) is 11.0. The van der Waals surface area contributed by atoms with Gasteiger partial charge in [0, 0.05) is 18.7 Å². The van der Waals surface area contributed by atoms with E-state index in [1.54, 1.807) is 0 Å². The predicted octanol–water partition coefficient (Wildman–Crippen LogP) is 3.22. The van der Waals surface area contributed by atoms with Crippen molar-refractivity contribution in [1.82, 2.24) is 14.5 Å². The van der Waals surface area contributed by atoms with E-state index in [1.165, 1.54) is 25.7 Å². The van der Waals surface area contributed by atoms with Crippen molar-refractivity contribution in [3.05, 3.63) is 18.2 Å². The van der Waals surface area contributed by atoms with E-state index in [0.717, 1.165) is 24.6 Å². The van der Waals surface area contributed by atoms with Gasteiger partial charge in [-0.1, -0.05) is 6.92 Å². The second kappa shape index (κ2) is 8.48. The van der Waals surface area contributed by atoms with Crippen molar-refractivity contribution in [1.29, 1.82) is 0 Å². The first-order valence-corrected chi connectivity index (χ1v) is 8.85. The largest absolute Gasteiger partial charge is 0.481 e. The fraction of sp³-hybridized carbons (Fsp3) is 0.778. The van der Waals surface area contributed by atoms with Crippen molar-refractivity contribution in [2.45, 2.75) is 57.9 Å². The smallest absolute Gasteiger partial charge is 0.306 e. The fourth-order valence-electron chi connectivity index (χ4n) is 3.44. The SMILES string of the molecule is CC1CCC(n2cnc(C[C@H](CCCN(C)C)C(=O)O)c2)CC1. The molecule has 0 bridgehead atoms. The van der Waals surface area contributed by atoms with E-state index in [9.17, 15) is 9.90 Å². The lowest BCUT2D eigenvalue weighted by molar-refractivity contribution is -0.142. The molecule has 0 saturated heterocycles. The minimum atomic E-state index is -0.704. The number of hydrogen-bond donors (Lipinski definition) is 1. The average Bonchev–Trinajstić information content (AvgIpc) is 2.95. The predicted molar refractivity (Wildman–Crippen MR) is 91.5 cm³/mol. The van der Waals surface area contributed by atoms with Gasteiger partial charge in [-0.3, -0.25) is 4.79 Å². The molecule has 1 fully saturated rings. The quantitative estimate of drug-likeness (QED) is 0.798. The van der Waals surface area contributed by atoms with Gasteiger partial charge in [0.2, 0.25) is 0 Å². The van der Waals surface area contributed by atoms with Crippen LogP contribution in [-0.2, 0) is 11.2 Å². The van der Waals surface area contributed by atoms with Crippen LogP contribution in [-0.4, -0.2) is 46.2 Å². The van der Waals surface area contributed by atoms with E-state index < -0.39 is 5.97 Å². The van der Waals surface area contributed by atoms with Crippen molar-refractivity contribution in [3.63, 3.8) is 0 Å². The molecular weight excluding hydrogens is 290 g/mol.